The largest absolute Gasteiger partial charge is 0.493 e. The molecule has 1 amide bonds. The number of nitrogens with zero attached hydrogens (tertiary/aromatic N) is 2. The lowest BCUT2D eigenvalue weighted by Gasteiger charge is -2.19. The Morgan fingerprint density at radius 1 is 1.33 bits per heavy atom. The van der Waals surface area contributed by atoms with E-state index in [1.54, 1.807) is 14.0 Å². The third-order valence-electron chi connectivity index (χ3n) is 4.80. The Morgan fingerprint density at radius 3 is 2.78 bits per heavy atom. The number of nitrogens with one attached hydrogen (secondary N) is 1. The number of hydrogen-bond donors (Lipinski definition) is 1. The molecule has 1 heterocycles. The Hall–Kier alpha value is -2.57. The van der Waals surface area contributed by atoms with E-state index in [1.165, 1.54) is 12.8 Å². The molecule has 3 rings (SSSR count). The second-order valence-electron chi connectivity index (χ2n) is 6.96. The van der Waals surface area contributed by atoms with Crippen LogP contribution in [0.2, 0.25) is 0 Å². The fourth-order valence-corrected chi connectivity index (χ4v) is 3.30. The predicted octanol–water partition coefficient (Wildman–Crippen LogP) is 3.52. The fraction of sp³-hybridized carbons (Fsp3) is 0.550. The van der Waals surface area contributed by atoms with Crippen molar-refractivity contribution in [2.45, 2.75) is 64.5 Å². The van der Waals surface area contributed by atoms with Crippen LogP contribution in [0.15, 0.2) is 22.7 Å². The highest BCUT2D eigenvalue weighted by Gasteiger charge is 2.19. The van der Waals surface area contributed by atoms with Gasteiger partial charge in [-0.25, -0.2) is 0 Å². The molecule has 7 heteroatoms. The number of ether oxygens (including phenoxy) is 2. The highest BCUT2D eigenvalue weighted by Crippen LogP contribution is 2.33. The average Bonchev–Trinajstić information content (AvgIpc) is 3.32. The summed E-state index contributed by atoms with van der Waals surface area (Å²) in [6, 6.07) is 5.68. The first-order valence-electron chi connectivity index (χ1n) is 9.48. The third-order valence-corrected chi connectivity index (χ3v) is 4.80. The first-order chi connectivity index (χ1) is 13.0. The van der Waals surface area contributed by atoms with E-state index in [-0.39, 0.29) is 18.1 Å². The molecule has 0 radical (unpaired) electrons. The van der Waals surface area contributed by atoms with Crippen molar-refractivity contribution in [3.63, 3.8) is 0 Å². The molecule has 0 saturated heterocycles. The summed E-state index contributed by atoms with van der Waals surface area (Å²) in [4.78, 5) is 16.3. The van der Waals surface area contributed by atoms with E-state index >= 15 is 0 Å². The number of methoxy groups -OCH3 is 1. The second kappa shape index (κ2) is 8.88. The van der Waals surface area contributed by atoms with Crippen molar-refractivity contribution in [2.75, 3.05) is 7.11 Å². The van der Waals surface area contributed by atoms with Gasteiger partial charge < -0.3 is 19.3 Å². The topological polar surface area (TPSA) is 86.5 Å². The summed E-state index contributed by atoms with van der Waals surface area (Å²) in [5.41, 5.74) is 0.965. The summed E-state index contributed by atoms with van der Waals surface area (Å²) >= 11 is 0. The smallest absolute Gasteiger partial charge is 0.227 e. The Bertz CT molecular complexity index is 768. The van der Waals surface area contributed by atoms with Crippen LogP contribution in [0, 0.1) is 6.92 Å². The lowest BCUT2D eigenvalue weighted by molar-refractivity contribution is -0.121. The molecule has 27 heavy (non-hydrogen) atoms. The van der Waals surface area contributed by atoms with E-state index in [0.29, 0.717) is 30.3 Å². The van der Waals surface area contributed by atoms with Gasteiger partial charge in [0.1, 0.15) is 0 Å². The number of rotatable bonds is 8. The van der Waals surface area contributed by atoms with Crippen LogP contribution in [-0.2, 0) is 11.2 Å². The molecule has 1 aromatic heterocycles. The van der Waals surface area contributed by atoms with Gasteiger partial charge in [0, 0.05) is 12.8 Å². The van der Waals surface area contributed by atoms with Gasteiger partial charge in [0.05, 0.1) is 19.3 Å². The Kier molecular flexibility index (Phi) is 6.32. The van der Waals surface area contributed by atoms with Gasteiger partial charge in [-0.1, -0.05) is 11.2 Å². The number of benzene rings is 1. The molecular formula is C20H27N3O4. The molecular weight excluding hydrogens is 346 g/mol. The van der Waals surface area contributed by atoms with Crippen LogP contribution in [0.4, 0.5) is 0 Å². The number of amides is 1. The first-order valence-corrected chi connectivity index (χ1v) is 9.48. The van der Waals surface area contributed by atoms with Crippen molar-refractivity contribution >= 4 is 5.91 Å². The molecule has 2 aromatic rings. The molecule has 146 valence electrons. The lowest BCUT2D eigenvalue weighted by atomic mass is 10.1. The van der Waals surface area contributed by atoms with E-state index in [4.69, 9.17) is 14.0 Å². The van der Waals surface area contributed by atoms with E-state index < -0.39 is 0 Å². The van der Waals surface area contributed by atoms with Gasteiger partial charge in [0.25, 0.3) is 0 Å². The molecule has 1 fully saturated rings. The van der Waals surface area contributed by atoms with Crippen LogP contribution in [-0.4, -0.2) is 29.3 Å². The molecule has 1 N–H and O–H groups in total. The SMILES string of the molecule is COc1cc(C(C)NC(=O)CCc2nc(C)no2)ccc1OC1CCCC1. The van der Waals surface area contributed by atoms with Crippen molar-refractivity contribution < 1.29 is 18.8 Å². The number of carbonyl (C=O) groups is 1. The highest BCUT2D eigenvalue weighted by atomic mass is 16.5. The van der Waals surface area contributed by atoms with Gasteiger partial charge in [-0.2, -0.15) is 4.98 Å². The van der Waals surface area contributed by atoms with E-state index in [0.717, 1.165) is 24.2 Å². The zero-order chi connectivity index (χ0) is 19.2. The molecule has 1 aromatic carbocycles. The zero-order valence-corrected chi connectivity index (χ0v) is 16.2. The highest BCUT2D eigenvalue weighted by molar-refractivity contribution is 5.76. The summed E-state index contributed by atoms with van der Waals surface area (Å²) in [5, 5.41) is 6.72. The summed E-state index contributed by atoms with van der Waals surface area (Å²) in [7, 11) is 1.64. The van der Waals surface area contributed by atoms with Crippen molar-refractivity contribution in [3.05, 3.63) is 35.5 Å². The number of hydrogen-bond acceptors (Lipinski definition) is 6. The molecule has 0 aliphatic heterocycles. The molecule has 0 spiro atoms. The van der Waals surface area contributed by atoms with Crippen LogP contribution in [0.25, 0.3) is 0 Å². The summed E-state index contributed by atoms with van der Waals surface area (Å²) in [6.07, 6.45) is 5.63. The molecule has 1 atom stereocenters. The van der Waals surface area contributed by atoms with Gasteiger partial charge >= 0.3 is 0 Å². The van der Waals surface area contributed by atoms with Crippen LogP contribution >= 0.6 is 0 Å². The maximum Gasteiger partial charge on any atom is 0.227 e. The normalized spacial score (nSPS) is 15.5. The Labute approximate surface area is 159 Å². The van der Waals surface area contributed by atoms with Crippen molar-refractivity contribution in [1.29, 1.82) is 0 Å². The minimum atomic E-state index is -0.142. The molecule has 1 aliphatic carbocycles. The van der Waals surface area contributed by atoms with E-state index in [2.05, 4.69) is 15.5 Å². The molecule has 1 saturated carbocycles. The maximum absolute atomic E-state index is 12.2. The number of aromatic nitrogens is 2. The Morgan fingerprint density at radius 2 is 2.11 bits per heavy atom. The molecule has 0 bridgehead atoms. The zero-order valence-electron chi connectivity index (χ0n) is 16.2. The third kappa shape index (κ3) is 5.21. The summed E-state index contributed by atoms with van der Waals surface area (Å²) < 4.78 is 16.6. The minimum Gasteiger partial charge on any atom is -0.493 e. The average molecular weight is 373 g/mol. The van der Waals surface area contributed by atoms with Gasteiger partial charge in [-0.05, 0) is 57.2 Å². The number of carbonyl (C=O) groups excluding carboxylic acids is 1. The standard InChI is InChI=1S/C20H27N3O4/c1-13(21-19(24)10-11-20-22-14(2)23-27-20)15-8-9-17(18(12-15)25-3)26-16-6-4-5-7-16/h8-9,12-13,16H,4-7,10-11H2,1-3H3,(H,21,24). The van der Waals surface area contributed by atoms with Gasteiger partial charge in [-0.3, -0.25) is 4.79 Å². The van der Waals surface area contributed by atoms with Crippen LogP contribution in [0.5, 0.6) is 11.5 Å². The van der Waals surface area contributed by atoms with Crippen LogP contribution in [0.1, 0.15) is 62.3 Å². The van der Waals surface area contributed by atoms with E-state index in [1.807, 2.05) is 25.1 Å². The van der Waals surface area contributed by atoms with Crippen molar-refractivity contribution in [2.24, 2.45) is 0 Å². The van der Waals surface area contributed by atoms with Gasteiger partial charge in [0.15, 0.2) is 17.3 Å². The molecule has 1 aliphatic rings. The summed E-state index contributed by atoms with van der Waals surface area (Å²) in [5.74, 6) is 2.44. The van der Waals surface area contributed by atoms with Crippen LogP contribution < -0.4 is 14.8 Å². The monoisotopic (exact) mass is 373 g/mol. The van der Waals surface area contributed by atoms with Crippen molar-refractivity contribution in [3.8, 4) is 11.5 Å². The molecule has 1 unspecified atom stereocenters. The second-order valence-corrected chi connectivity index (χ2v) is 6.96. The summed E-state index contributed by atoms with van der Waals surface area (Å²) in [6.45, 7) is 3.70. The lowest BCUT2D eigenvalue weighted by Crippen LogP contribution is -2.26. The molecule has 7 nitrogen and oxygen atoms in total. The van der Waals surface area contributed by atoms with E-state index in [9.17, 15) is 4.79 Å². The van der Waals surface area contributed by atoms with Gasteiger partial charge in [-0.15, -0.1) is 0 Å². The van der Waals surface area contributed by atoms with Gasteiger partial charge in [0.2, 0.25) is 11.8 Å². The fourth-order valence-electron chi connectivity index (χ4n) is 3.30. The van der Waals surface area contributed by atoms with Crippen molar-refractivity contribution in [1.82, 2.24) is 15.5 Å². The Balaban J connectivity index is 1.56. The number of aryl methyl sites for hydroxylation is 2. The quantitative estimate of drug-likeness (QED) is 0.762. The predicted molar refractivity (Wildman–Crippen MR) is 99.8 cm³/mol. The minimum absolute atomic E-state index is 0.0661. The maximum atomic E-state index is 12.2. The first kappa shape index (κ1) is 19.2. The van der Waals surface area contributed by atoms with Crippen LogP contribution in [0.3, 0.4) is 0 Å².